The van der Waals surface area contributed by atoms with Gasteiger partial charge < -0.3 is 5.73 Å². The summed E-state index contributed by atoms with van der Waals surface area (Å²) in [4.78, 5) is 0. The highest BCUT2D eigenvalue weighted by atomic mass is 14.7. The van der Waals surface area contributed by atoms with Gasteiger partial charge in [-0.05, 0) is 49.9 Å². The first-order valence-corrected chi connectivity index (χ1v) is 5.94. The van der Waals surface area contributed by atoms with E-state index in [1.165, 1.54) is 32.1 Å². The first-order chi connectivity index (χ1) is 6.18. The normalized spacial score (nSPS) is 47.3. The quantitative estimate of drug-likeness (QED) is 0.696. The van der Waals surface area contributed by atoms with Crippen LogP contribution >= 0.6 is 0 Å². The van der Waals surface area contributed by atoms with Crippen molar-refractivity contribution in [3.8, 4) is 0 Å². The van der Waals surface area contributed by atoms with Crippen molar-refractivity contribution >= 4 is 0 Å². The minimum atomic E-state index is 0.448. The topological polar surface area (TPSA) is 26.0 Å². The van der Waals surface area contributed by atoms with E-state index in [1.807, 2.05) is 0 Å². The highest BCUT2D eigenvalue weighted by Crippen LogP contribution is 2.51. The fourth-order valence-electron chi connectivity index (χ4n) is 3.10. The molecule has 0 aromatic rings. The maximum absolute atomic E-state index is 5.92. The van der Waals surface area contributed by atoms with Gasteiger partial charge in [0.25, 0.3) is 0 Å². The summed E-state index contributed by atoms with van der Waals surface area (Å²) in [5.41, 5.74) is 5.92. The first kappa shape index (κ1) is 9.51. The summed E-state index contributed by atoms with van der Waals surface area (Å²) in [7, 11) is 0. The molecule has 3 unspecified atom stereocenters. The van der Waals surface area contributed by atoms with Crippen LogP contribution < -0.4 is 5.73 Å². The van der Waals surface area contributed by atoms with Gasteiger partial charge in [0.15, 0.2) is 0 Å². The molecule has 13 heavy (non-hydrogen) atoms. The zero-order chi connectivity index (χ0) is 9.42. The van der Waals surface area contributed by atoms with Gasteiger partial charge in [0.1, 0.15) is 0 Å². The van der Waals surface area contributed by atoms with E-state index in [-0.39, 0.29) is 0 Å². The Kier molecular flexibility index (Phi) is 2.64. The molecule has 0 aromatic carbocycles. The second-order valence-electron chi connectivity index (χ2n) is 5.44. The SMILES string of the molecule is CC1CCC(C2CC2C(C)N)CC1. The monoisotopic (exact) mass is 181 g/mol. The number of rotatable bonds is 2. The van der Waals surface area contributed by atoms with Crippen molar-refractivity contribution in [2.45, 2.75) is 52.0 Å². The molecule has 76 valence electrons. The molecule has 0 bridgehead atoms. The van der Waals surface area contributed by atoms with Crippen LogP contribution in [0, 0.1) is 23.7 Å². The van der Waals surface area contributed by atoms with E-state index in [1.54, 1.807) is 0 Å². The van der Waals surface area contributed by atoms with Crippen LogP contribution in [0.3, 0.4) is 0 Å². The average Bonchev–Trinajstić information content (AvgIpc) is 2.85. The molecular formula is C12H23N. The predicted octanol–water partition coefficient (Wildman–Crippen LogP) is 2.80. The molecule has 0 radical (unpaired) electrons. The van der Waals surface area contributed by atoms with Crippen LogP contribution in [0.5, 0.6) is 0 Å². The third-order valence-electron chi connectivity index (χ3n) is 4.23. The van der Waals surface area contributed by atoms with Crippen LogP contribution in [0.2, 0.25) is 0 Å². The lowest BCUT2D eigenvalue weighted by molar-refractivity contribution is 0.254. The molecule has 0 saturated heterocycles. The van der Waals surface area contributed by atoms with E-state index < -0.39 is 0 Å². The average molecular weight is 181 g/mol. The Balaban J connectivity index is 1.78. The van der Waals surface area contributed by atoms with Gasteiger partial charge in [-0.2, -0.15) is 0 Å². The van der Waals surface area contributed by atoms with Crippen LogP contribution in [0.4, 0.5) is 0 Å². The third-order valence-corrected chi connectivity index (χ3v) is 4.23. The summed E-state index contributed by atoms with van der Waals surface area (Å²) < 4.78 is 0. The third kappa shape index (κ3) is 2.07. The van der Waals surface area contributed by atoms with Crippen LogP contribution in [-0.2, 0) is 0 Å². The van der Waals surface area contributed by atoms with E-state index in [0.29, 0.717) is 6.04 Å². The van der Waals surface area contributed by atoms with Crippen LogP contribution in [0.15, 0.2) is 0 Å². The molecule has 2 fully saturated rings. The van der Waals surface area contributed by atoms with E-state index in [0.717, 1.165) is 23.7 Å². The minimum Gasteiger partial charge on any atom is -0.328 e. The van der Waals surface area contributed by atoms with E-state index in [4.69, 9.17) is 5.73 Å². The van der Waals surface area contributed by atoms with Crippen molar-refractivity contribution < 1.29 is 0 Å². The Morgan fingerprint density at radius 1 is 1.15 bits per heavy atom. The van der Waals surface area contributed by atoms with Gasteiger partial charge in [-0.3, -0.25) is 0 Å². The predicted molar refractivity (Wildman–Crippen MR) is 56.4 cm³/mol. The number of nitrogens with two attached hydrogens (primary N) is 1. The molecule has 0 aromatic heterocycles. The summed E-state index contributed by atoms with van der Waals surface area (Å²) in [6, 6.07) is 0.448. The second-order valence-corrected chi connectivity index (χ2v) is 5.44. The van der Waals surface area contributed by atoms with Crippen molar-refractivity contribution in [1.82, 2.24) is 0 Å². The lowest BCUT2D eigenvalue weighted by Gasteiger charge is -2.26. The first-order valence-electron chi connectivity index (χ1n) is 5.94. The van der Waals surface area contributed by atoms with Gasteiger partial charge in [0.05, 0.1) is 0 Å². The van der Waals surface area contributed by atoms with Gasteiger partial charge >= 0.3 is 0 Å². The Morgan fingerprint density at radius 2 is 1.77 bits per heavy atom. The molecule has 1 nitrogen and oxygen atoms in total. The molecule has 2 saturated carbocycles. The molecule has 0 heterocycles. The van der Waals surface area contributed by atoms with Crippen molar-refractivity contribution in [2.75, 3.05) is 0 Å². The van der Waals surface area contributed by atoms with Crippen molar-refractivity contribution in [1.29, 1.82) is 0 Å². The summed E-state index contributed by atoms with van der Waals surface area (Å²) in [6.45, 7) is 4.57. The molecule has 2 rings (SSSR count). The molecular weight excluding hydrogens is 158 g/mol. The zero-order valence-corrected chi connectivity index (χ0v) is 9.00. The Morgan fingerprint density at radius 3 is 2.23 bits per heavy atom. The molecule has 0 spiro atoms. The maximum Gasteiger partial charge on any atom is 0.00416 e. The highest BCUT2D eigenvalue weighted by Gasteiger charge is 2.44. The van der Waals surface area contributed by atoms with Gasteiger partial charge in [-0.25, -0.2) is 0 Å². The summed E-state index contributed by atoms with van der Waals surface area (Å²) in [5, 5.41) is 0. The van der Waals surface area contributed by atoms with Crippen LogP contribution in [-0.4, -0.2) is 6.04 Å². The molecule has 0 aliphatic heterocycles. The van der Waals surface area contributed by atoms with E-state index in [9.17, 15) is 0 Å². The van der Waals surface area contributed by atoms with Crippen molar-refractivity contribution in [3.63, 3.8) is 0 Å². The van der Waals surface area contributed by atoms with Crippen molar-refractivity contribution in [3.05, 3.63) is 0 Å². The fraction of sp³-hybridized carbons (Fsp3) is 1.00. The number of hydrogen-bond donors (Lipinski definition) is 1. The standard InChI is InChI=1S/C12H23N/c1-8-3-5-10(6-4-8)12-7-11(12)9(2)13/h8-12H,3-7,13H2,1-2H3. The molecule has 3 atom stereocenters. The minimum absolute atomic E-state index is 0.448. The molecule has 2 aliphatic rings. The lowest BCUT2D eigenvalue weighted by Crippen LogP contribution is -2.21. The largest absolute Gasteiger partial charge is 0.328 e. The molecule has 0 amide bonds. The Bertz CT molecular complexity index is 168. The van der Waals surface area contributed by atoms with Crippen LogP contribution in [0.1, 0.15) is 46.0 Å². The lowest BCUT2D eigenvalue weighted by atomic mass is 9.80. The van der Waals surface area contributed by atoms with E-state index >= 15 is 0 Å². The molecule has 1 heteroatoms. The van der Waals surface area contributed by atoms with Gasteiger partial charge in [-0.15, -0.1) is 0 Å². The highest BCUT2D eigenvalue weighted by molar-refractivity contribution is 4.96. The van der Waals surface area contributed by atoms with Gasteiger partial charge in [-0.1, -0.05) is 19.8 Å². The zero-order valence-electron chi connectivity index (χ0n) is 9.00. The smallest absolute Gasteiger partial charge is 0.00416 e. The van der Waals surface area contributed by atoms with E-state index in [2.05, 4.69) is 13.8 Å². The fourth-order valence-corrected chi connectivity index (χ4v) is 3.10. The van der Waals surface area contributed by atoms with Crippen LogP contribution in [0.25, 0.3) is 0 Å². The number of hydrogen-bond acceptors (Lipinski definition) is 1. The maximum atomic E-state index is 5.92. The summed E-state index contributed by atoms with van der Waals surface area (Å²) >= 11 is 0. The Hall–Kier alpha value is -0.0400. The van der Waals surface area contributed by atoms with Gasteiger partial charge in [0, 0.05) is 6.04 Å². The van der Waals surface area contributed by atoms with Gasteiger partial charge in [0.2, 0.25) is 0 Å². The summed E-state index contributed by atoms with van der Waals surface area (Å²) in [5.74, 6) is 3.90. The molecule has 2 aliphatic carbocycles. The van der Waals surface area contributed by atoms with Crippen molar-refractivity contribution in [2.24, 2.45) is 29.4 Å². The second kappa shape index (κ2) is 3.61. The summed E-state index contributed by atoms with van der Waals surface area (Å²) in [6.07, 6.45) is 7.32. The molecule has 2 N–H and O–H groups in total. The Labute approximate surface area is 82.1 Å².